The average molecular weight is 381 g/mol. The average Bonchev–Trinajstić information content (AvgIpc) is 3.31. The minimum atomic E-state index is -0.259. The standard InChI is InChI=1S/C21H27N5O2/c1-15(2)26-18-7-6-16(22-21(27)19-5-4-12-28-19)13-17(18)23-20(26)14-25-10-8-24(3)9-11-25/h4-7,12-13,15H,8-11,14H2,1-3H3,(H,22,27). The van der Waals surface area contributed by atoms with Crippen LogP contribution in [0.4, 0.5) is 5.69 Å². The van der Waals surface area contributed by atoms with Crippen LogP contribution in [0.5, 0.6) is 0 Å². The van der Waals surface area contributed by atoms with Crippen molar-refractivity contribution in [2.75, 3.05) is 38.5 Å². The van der Waals surface area contributed by atoms with Crippen molar-refractivity contribution < 1.29 is 9.21 Å². The predicted molar refractivity (Wildman–Crippen MR) is 110 cm³/mol. The molecule has 1 amide bonds. The number of benzene rings is 1. The number of imidazole rings is 1. The summed E-state index contributed by atoms with van der Waals surface area (Å²) in [5.41, 5.74) is 2.71. The normalized spacial score (nSPS) is 16.1. The van der Waals surface area contributed by atoms with Crippen molar-refractivity contribution in [1.29, 1.82) is 0 Å². The quantitative estimate of drug-likeness (QED) is 0.735. The van der Waals surface area contributed by atoms with Gasteiger partial charge in [-0.25, -0.2) is 4.98 Å². The Labute approximate surface area is 164 Å². The van der Waals surface area contributed by atoms with Crippen LogP contribution in [0.25, 0.3) is 11.0 Å². The number of amides is 1. The first-order chi connectivity index (χ1) is 13.5. The van der Waals surface area contributed by atoms with Gasteiger partial charge in [0.15, 0.2) is 5.76 Å². The molecule has 1 aliphatic rings. The van der Waals surface area contributed by atoms with Gasteiger partial charge in [-0.05, 0) is 51.2 Å². The second-order valence-electron chi connectivity index (χ2n) is 7.71. The van der Waals surface area contributed by atoms with Gasteiger partial charge >= 0.3 is 0 Å². The van der Waals surface area contributed by atoms with Crippen LogP contribution < -0.4 is 5.32 Å². The molecule has 28 heavy (non-hydrogen) atoms. The number of rotatable bonds is 5. The molecule has 1 N–H and O–H groups in total. The first kappa shape index (κ1) is 18.7. The number of nitrogens with zero attached hydrogens (tertiary/aromatic N) is 4. The number of carbonyl (C=O) groups excluding carboxylic acids is 1. The van der Waals surface area contributed by atoms with Gasteiger partial charge in [0.2, 0.25) is 0 Å². The van der Waals surface area contributed by atoms with Crippen LogP contribution in [-0.4, -0.2) is 58.5 Å². The highest BCUT2D eigenvalue weighted by Crippen LogP contribution is 2.25. The molecule has 3 heterocycles. The maximum absolute atomic E-state index is 12.2. The van der Waals surface area contributed by atoms with E-state index in [-0.39, 0.29) is 5.91 Å². The molecular formula is C21H27N5O2. The summed E-state index contributed by atoms with van der Waals surface area (Å²) < 4.78 is 7.46. The number of fused-ring (bicyclic) bond motifs is 1. The number of carbonyl (C=O) groups is 1. The van der Waals surface area contributed by atoms with Gasteiger partial charge in [0.05, 0.1) is 23.8 Å². The van der Waals surface area contributed by atoms with Gasteiger partial charge in [-0.15, -0.1) is 0 Å². The van der Waals surface area contributed by atoms with Crippen LogP contribution in [0, 0.1) is 0 Å². The lowest BCUT2D eigenvalue weighted by Crippen LogP contribution is -2.44. The number of furan rings is 1. The molecule has 0 saturated carbocycles. The van der Waals surface area contributed by atoms with E-state index in [1.54, 1.807) is 12.1 Å². The van der Waals surface area contributed by atoms with E-state index in [1.807, 2.05) is 18.2 Å². The Hall–Kier alpha value is -2.64. The van der Waals surface area contributed by atoms with E-state index in [0.717, 1.165) is 49.6 Å². The van der Waals surface area contributed by atoms with Crippen LogP contribution >= 0.6 is 0 Å². The summed E-state index contributed by atoms with van der Waals surface area (Å²) in [6.45, 7) is 9.50. The van der Waals surface area contributed by atoms with Crippen molar-refractivity contribution in [3.63, 3.8) is 0 Å². The molecule has 1 saturated heterocycles. The molecule has 1 aromatic carbocycles. The number of anilines is 1. The Morgan fingerprint density at radius 1 is 1.21 bits per heavy atom. The minimum absolute atomic E-state index is 0.259. The highest BCUT2D eigenvalue weighted by molar-refractivity contribution is 6.03. The summed E-state index contributed by atoms with van der Waals surface area (Å²) in [6.07, 6.45) is 1.49. The van der Waals surface area contributed by atoms with Gasteiger partial charge in [0, 0.05) is 37.9 Å². The zero-order valence-corrected chi connectivity index (χ0v) is 16.7. The fraction of sp³-hybridized carbons (Fsp3) is 0.429. The summed E-state index contributed by atoms with van der Waals surface area (Å²) in [6, 6.07) is 9.55. The molecule has 2 aromatic heterocycles. The second-order valence-corrected chi connectivity index (χ2v) is 7.71. The molecule has 4 rings (SSSR count). The zero-order valence-electron chi connectivity index (χ0n) is 16.7. The van der Waals surface area contributed by atoms with Crippen LogP contribution in [0.2, 0.25) is 0 Å². The van der Waals surface area contributed by atoms with Crippen molar-refractivity contribution in [3.8, 4) is 0 Å². The second kappa shape index (κ2) is 7.77. The first-order valence-corrected chi connectivity index (χ1v) is 9.78. The van der Waals surface area contributed by atoms with Gasteiger partial charge in [0.1, 0.15) is 5.82 Å². The predicted octanol–water partition coefficient (Wildman–Crippen LogP) is 3.21. The lowest BCUT2D eigenvalue weighted by atomic mass is 10.2. The van der Waals surface area contributed by atoms with Crippen LogP contribution in [-0.2, 0) is 6.54 Å². The smallest absolute Gasteiger partial charge is 0.291 e. The Morgan fingerprint density at radius 3 is 2.68 bits per heavy atom. The third-order valence-corrected chi connectivity index (χ3v) is 5.24. The van der Waals surface area contributed by atoms with E-state index in [0.29, 0.717) is 17.5 Å². The molecule has 0 aliphatic carbocycles. The number of aromatic nitrogens is 2. The van der Waals surface area contributed by atoms with Gasteiger partial charge < -0.3 is 19.2 Å². The number of likely N-dealkylation sites (N-methyl/N-ethyl adjacent to an activating group) is 1. The van der Waals surface area contributed by atoms with Crippen molar-refractivity contribution in [1.82, 2.24) is 19.4 Å². The third-order valence-electron chi connectivity index (χ3n) is 5.24. The summed E-state index contributed by atoms with van der Waals surface area (Å²) in [5.74, 6) is 1.11. The van der Waals surface area contributed by atoms with Gasteiger partial charge in [-0.1, -0.05) is 0 Å². The maximum Gasteiger partial charge on any atom is 0.291 e. The Bertz CT molecular complexity index is 953. The topological polar surface area (TPSA) is 66.5 Å². The minimum Gasteiger partial charge on any atom is -0.459 e. The Morgan fingerprint density at radius 2 is 2.00 bits per heavy atom. The van der Waals surface area contributed by atoms with Gasteiger partial charge in [0.25, 0.3) is 5.91 Å². The zero-order chi connectivity index (χ0) is 19.7. The van der Waals surface area contributed by atoms with Gasteiger partial charge in [-0.3, -0.25) is 9.69 Å². The number of hydrogen-bond acceptors (Lipinski definition) is 5. The van der Waals surface area contributed by atoms with Crippen LogP contribution in [0.1, 0.15) is 36.3 Å². The molecular weight excluding hydrogens is 354 g/mol. The molecule has 0 unspecified atom stereocenters. The Balaban J connectivity index is 1.59. The lowest BCUT2D eigenvalue weighted by Gasteiger charge is -2.32. The lowest BCUT2D eigenvalue weighted by molar-refractivity contribution is 0.0996. The number of piperazine rings is 1. The van der Waals surface area contributed by atoms with Crippen LogP contribution in [0.15, 0.2) is 41.0 Å². The maximum atomic E-state index is 12.2. The Kier molecular flexibility index (Phi) is 5.19. The van der Waals surface area contributed by atoms with Crippen LogP contribution in [0.3, 0.4) is 0 Å². The molecule has 0 bridgehead atoms. The molecule has 7 heteroatoms. The molecule has 7 nitrogen and oxygen atoms in total. The fourth-order valence-corrected chi connectivity index (χ4v) is 3.72. The van der Waals surface area contributed by atoms with E-state index in [1.165, 1.54) is 6.26 Å². The monoisotopic (exact) mass is 381 g/mol. The summed E-state index contributed by atoms with van der Waals surface area (Å²) in [5, 5.41) is 2.88. The summed E-state index contributed by atoms with van der Waals surface area (Å²) in [4.78, 5) is 22.0. The largest absolute Gasteiger partial charge is 0.459 e. The van der Waals surface area contributed by atoms with E-state index >= 15 is 0 Å². The molecule has 0 spiro atoms. The number of nitrogens with one attached hydrogen (secondary N) is 1. The molecule has 0 atom stereocenters. The summed E-state index contributed by atoms with van der Waals surface area (Å²) >= 11 is 0. The van der Waals surface area contributed by atoms with E-state index in [4.69, 9.17) is 9.40 Å². The van der Waals surface area contributed by atoms with E-state index in [9.17, 15) is 4.79 Å². The first-order valence-electron chi connectivity index (χ1n) is 9.78. The molecule has 148 valence electrons. The van der Waals surface area contributed by atoms with E-state index < -0.39 is 0 Å². The van der Waals surface area contributed by atoms with Crippen molar-refractivity contribution in [3.05, 3.63) is 48.2 Å². The van der Waals surface area contributed by atoms with Crippen molar-refractivity contribution >= 4 is 22.6 Å². The highest BCUT2D eigenvalue weighted by atomic mass is 16.3. The highest BCUT2D eigenvalue weighted by Gasteiger charge is 2.20. The summed E-state index contributed by atoms with van der Waals surface area (Å²) in [7, 11) is 2.17. The van der Waals surface area contributed by atoms with Crippen molar-refractivity contribution in [2.24, 2.45) is 0 Å². The van der Waals surface area contributed by atoms with Gasteiger partial charge in [-0.2, -0.15) is 0 Å². The fourth-order valence-electron chi connectivity index (χ4n) is 3.72. The van der Waals surface area contributed by atoms with E-state index in [2.05, 4.69) is 40.6 Å². The molecule has 1 aliphatic heterocycles. The van der Waals surface area contributed by atoms with Crippen molar-refractivity contribution in [2.45, 2.75) is 26.4 Å². The molecule has 1 fully saturated rings. The molecule has 3 aromatic rings. The SMILES string of the molecule is CC(C)n1c(CN2CCN(C)CC2)nc2cc(NC(=O)c3ccco3)ccc21. The number of hydrogen-bond donors (Lipinski definition) is 1. The third kappa shape index (κ3) is 3.81. The molecule has 0 radical (unpaired) electrons.